The summed E-state index contributed by atoms with van der Waals surface area (Å²) in [5.41, 5.74) is 5.75. The Labute approximate surface area is 116 Å². The maximum atomic E-state index is 13.8. The van der Waals surface area contributed by atoms with E-state index in [0.29, 0.717) is 19.7 Å². The van der Waals surface area contributed by atoms with Crippen molar-refractivity contribution in [2.24, 2.45) is 5.73 Å². The first kappa shape index (κ1) is 14.2. The number of halogens is 2. The van der Waals surface area contributed by atoms with Gasteiger partial charge in [-0.2, -0.15) is 0 Å². The lowest BCUT2D eigenvalue weighted by Gasteiger charge is -2.34. The summed E-state index contributed by atoms with van der Waals surface area (Å²) in [5.74, 6) is -1.06. The van der Waals surface area contributed by atoms with Crippen LogP contribution in [0, 0.1) is 5.82 Å². The van der Waals surface area contributed by atoms with Crippen LogP contribution >= 0.6 is 11.6 Å². The van der Waals surface area contributed by atoms with Crippen molar-refractivity contribution in [3.05, 3.63) is 34.6 Å². The van der Waals surface area contributed by atoms with Gasteiger partial charge in [0.05, 0.1) is 23.3 Å². The smallest absolute Gasteiger partial charge is 0.257 e. The van der Waals surface area contributed by atoms with Crippen molar-refractivity contribution in [3.8, 4) is 0 Å². The van der Waals surface area contributed by atoms with Gasteiger partial charge in [-0.05, 0) is 19.1 Å². The highest BCUT2D eigenvalue weighted by atomic mass is 35.5. The third-order valence-corrected chi connectivity index (χ3v) is 3.44. The summed E-state index contributed by atoms with van der Waals surface area (Å²) in [5, 5.41) is -0.0529. The molecule has 1 aliphatic heterocycles. The number of hydrogen-bond donors (Lipinski definition) is 1. The fraction of sp³-hybridized carbons (Fsp3) is 0.462. The Bertz CT molecular complexity index is 482. The van der Waals surface area contributed by atoms with Crippen molar-refractivity contribution in [2.75, 3.05) is 19.7 Å². The minimum atomic E-state index is -0.682. The number of nitrogens with zero attached hydrogens (tertiary/aromatic N) is 1. The average molecular weight is 287 g/mol. The number of carbonyl (C=O) groups excluding carboxylic acids is 1. The van der Waals surface area contributed by atoms with Gasteiger partial charge in [0.25, 0.3) is 5.91 Å². The SMILES string of the molecule is CC(N)C1CN(C(=O)c2cccc(Cl)c2F)CCO1. The second-order valence-electron chi connectivity index (χ2n) is 4.62. The van der Waals surface area contributed by atoms with Crippen LogP contribution in [0.15, 0.2) is 18.2 Å². The van der Waals surface area contributed by atoms with E-state index in [9.17, 15) is 9.18 Å². The van der Waals surface area contributed by atoms with Crippen LogP contribution in [0.25, 0.3) is 0 Å². The predicted octanol–water partition coefficient (Wildman–Crippen LogP) is 1.67. The number of carbonyl (C=O) groups is 1. The van der Waals surface area contributed by atoms with Crippen molar-refractivity contribution in [1.29, 1.82) is 0 Å². The van der Waals surface area contributed by atoms with E-state index in [1.807, 2.05) is 6.92 Å². The number of ether oxygens (including phenoxy) is 1. The highest BCUT2D eigenvalue weighted by Crippen LogP contribution is 2.20. The summed E-state index contributed by atoms with van der Waals surface area (Å²) in [6, 6.07) is 4.22. The first-order chi connectivity index (χ1) is 9.00. The molecule has 2 N–H and O–H groups in total. The van der Waals surface area contributed by atoms with Crippen LogP contribution in [0.1, 0.15) is 17.3 Å². The highest BCUT2D eigenvalue weighted by Gasteiger charge is 2.28. The third-order valence-electron chi connectivity index (χ3n) is 3.15. The molecule has 1 aliphatic rings. The molecule has 0 aromatic heterocycles. The van der Waals surface area contributed by atoms with Gasteiger partial charge in [-0.25, -0.2) is 4.39 Å². The lowest BCUT2D eigenvalue weighted by atomic mass is 10.1. The van der Waals surface area contributed by atoms with Gasteiger partial charge in [0, 0.05) is 19.1 Å². The molecule has 19 heavy (non-hydrogen) atoms. The molecule has 1 amide bonds. The van der Waals surface area contributed by atoms with Gasteiger partial charge in [0.15, 0.2) is 5.82 Å². The Hall–Kier alpha value is -1.17. The van der Waals surface area contributed by atoms with E-state index in [0.717, 1.165) is 0 Å². The van der Waals surface area contributed by atoms with Crippen LogP contribution in [-0.4, -0.2) is 42.6 Å². The normalized spacial score (nSPS) is 21.3. The van der Waals surface area contributed by atoms with Crippen LogP contribution in [0.2, 0.25) is 5.02 Å². The van der Waals surface area contributed by atoms with Gasteiger partial charge < -0.3 is 15.4 Å². The molecule has 2 atom stereocenters. The van der Waals surface area contributed by atoms with Gasteiger partial charge in [-0.1, -0.05) is 17.7 Å². The molecular formula is C13H16ClFN2O2. The Kier molecular flexibility index (Phi) is 4.39. The van der Waals surface area contributed by atoms with E-state index >= 15 is 0 Å². The number of amides is 1. The quantitative estimate of drug-likeness (QED) is 0.900. The van der Waals surface area contributed by atoms with Gasteiger partial charge in [-0.15, -0.1) is 0 Å². The van der Waals surface area contributed by atoms with Crippen LogP contribution in [0.5, 0.6) is 0 Å². The summed E-state index contributed by atoms with van der Waals surface area (Å²) in [7, 11) is 0. The molecule has 2 unspecified atom stereocenters. The van der Waals surface area contributed by atoms with Crippen LogP contribution < -0.4 is 5.73 Å². The van der Waals surface area contributed by atoms with E-state index in [1.165, 1.54) is 12.1 Å². The summed E-state index contributed by atoms with van der Waals surface area (Å²) in [6.07, 6.45) is -0.222. The minimum Gasteiger partial charge on any atom is -0.373 e. The van der Waals surface area contributed by atoms with E-state index < -0.39 is 5.82 Å². The Balaban J connectivity index is 2.17. The molecule has 0 aliphatic carbocycles. The number of morpholine rings is 1. The fourth-order valence-corrected chi connectivity index (χ4v) is 2.19. The first-order valence-electron chi connectivity index (χ1n) is 6.11. The second kappa shape index (κ2) is 5.86. The summed E-state index contributed by atoms with van der Waals surface area (Å²) in [4.78, 5) is 13.8. The molecule has 1 fully saturated rings. The largest absolute Gasteiger partial charge is 0.373 e. The van der Waals surface area contributed by atoms with Crippen molar-refractivity contribution in [3.63, 3.8) is 0 Å². The topological polar surface area (TPSA) is 55.6 Å². The zero-order valence-electron chi connectivity index (χ0n) is 10.6. The second-order valence-corrected chi connectivity index (χ2v) is 5.03. The van der Waals surface area contributed by atoms with E-state index in [1.54, 1.807) is 11.0 Å². The zero-order valence-corrected chi connectivity index (χ0v) is 11.4. The Morgan fingerprint density at radius 3 is 3.05 bits per heavy atom. The van der Waals surface area contributed by atoms with Crippen molar-refractivity contribution >= 4 is 17.5 Å². The van der Waals surface area contributed by atoms with E-state index in [4.69, 9.17) is 22.1 Å². The number of nitrogens with two attached hydrogens (primary N) is 1. The molecule has 0 spiro atoms. The highest BCUT2D eigenvalue weighted by molar-refractivity contribution is 6.31. The van der Waals surface area contributed by atoms with E-state index in [2.05, 4.69) is 0 Å². The van der Waals surface area contributed by atoms with Crippen LogP contribution in [0.4, 0.5) is 4.39 Å². The standard InChI is InChI=1S/C13H16ClFN2O2/c1-8(16)11-7-17(5-6-19-11)13(18)9-3-2-4-10(14)12(9)15/h2-4,8,11H,5-7,16H2,1H3. The zero-order chi connectivity index (χ0) is 14.0. The first-order valence-corrected chi connectivity index (χ1v) is 6.49. The monoisotopic (exact) mass is 286 g/mol. The summed E-state index contributed by atoms with van der Waals surface area (Å²) >= 11 is 5.69. The molecule has 0 radical (unpaired) electrons. The van der Waals surface area contributed by atoms with Gasteiger partial charge in [0.2, 0.25) is 0 Å². The number of hydrogen-bond acceptors (Lipinski definition) is 3. The minimum absolute atomic E-state index is 0.0159. The van der Waals surface area contributed by atoms with E-state index in [-0.39, 0.29) is 28.6 Å². The molecular weight excluding hydrogens is 271 g/mol. The molecule has 0 saturated carbocycles. The molecule has 6 heteroatoms. The molecule has 1 aromatic rings. The molecule has 1 aromatic carbocycles. The maximum Gasteiger partial charge on any atom is 0.257 e. The third kappa shape index (κ3) is 3.05. The molecule has 2 rings (SSSR count). The lowest BCUT2D eigenvalue weighted by Crippen LogP contribution is -2.51. The molecule has 0 bridgehead atoms. The Morgan fingerprint density at radius 2 is 2.37 bits per heavy atom. The molecule has 104 valence electrons. The van der Waals surface area contributed by atoms with Gasteiger partial charge >= 0.3 is 0 Å². The molecule has 1 saturated heterocycles. The van der Waals surface area contributed by atoms with Crippen molar-refractivity contribution < 1.29 is 13.9 Å². The van der Waals surface area contributed by atoms with Crippen molar-refractivity contribution in [1.82, 2.24) is 4.90 Å². The predicted molar refractivity (Wildman–Crippen MR) is 70.7 cm³/mol. The Morgan fingerprint density at radius 1 is 1.63 bits per heavy atom. The van der Waals surface area contributed by atoms with Crippen LogP contribution in [0.3, 0.4) is 0 Å². The molecule has 4 nitrogen and oxygen atoms in total. The average Bonchev–Trinajstić information content (AvgIpc) is 2.41. The fourth-order valence-electron chi connectivity index (χ4n) is 2.02. The summed E-state index contributed by atoms with van der Waals surface area (Å²) in [6.45, 7) is 3.01. The maximum absolute atomic E-state index is 13.8. The van der Waals surface area contributed by atoms with Gasteiger partial charge in [0.1, 0.15) is 0 Å². The van der Waals surface area contributed by atoms with Crippen LogP contribution in [-0.2, 0) is 4.74 Å². The lowest BCUT2D eigenvalue weighted by molar-refractivity contribution is -0.0301. The van der Waals surface area contributed by atoms with Crippen molar-refractivity contribution in [2.45, 2.75) is 19.1 Å². The molecule has 1 heterocycles. The summed E-state index contributed by atoms with van der Waals surface area (Å²) < 4.78 is 19.3. The number of benzene rings is 1. The number of rotatable bonds is 2. The van der Waals surface area contributed by atoms with Gasteiger partial charge in [-0.3, -0.25) is 4.79 Å².